The molecule has 2 heteroatoms. The number of rotatable bonds is 3. The van der Waals surface area contributed by atoms with Crippen LogP contribution in [-0.4, -0.2) is 18.9 Å². The van der Waals surface area contributed by atoms with Gasteiger partial charge in [-0.15, -0.1) is 0 Å². The SMILES string of the molecule is CC(C)C(=O)CC1CCCNCC1. The zero-order chi connectivity index (χ0) is 9.68. The molecule has 1 aliphatic rings. The zero-order valence-electron chi connectivity index (χ0n) is 8.81. The van der Waals surface area contributed by atoms with E-state index in [1.165, 1.54) is 19.3 Å². The van der Waals surface area contributed by atoms with Gasteiger partial charge in [0, 0.05) is 12.3 Å². The van der Waals surface area contributed by atoms with Crippen molar-refractivity contribution in [2.75, 3.05) is 13.1 Å². The number of carbonyl (C=O) groups excluding carboxylic acids is 1. The van der Waals surface area contributed by atoms with Crippen molar-refractivity contribution in [2.24, 2.45) is 11.8 Å². The summed E-state index contributed by atoms with van der Waals surface area (Å²) in [4.78, 5) is 11.5. The normalized spacial score (nSPS) is 24.4. The molecule has 1 unspecified atom stereocenters. The second-order valence-electron chi connectivity index (χ2n) is 4.37. The number of carbonyl (C=O) groups is 1. The van der Waals surface area contributed by atoms with E-state index in [2.05, 4.69) is 5.32 Å². The molecule has 0 saturated carbocycles. The Morgan fingerprint density at radius 3 is 2.85 bits per heavy atom. The Morgan fingerprint density at radius 1 is 1.38 bits per heavy atom. The van der Waals surface area contributed by atoms with Gasteiger partial charge in [-0.05, 0) is 38.3 Å². The quantitative estimate of drug-likeness (QED) is 0.725. The van der Waals surface area contributed by atoms with E-state index in [-0.39, 0.29) is 5.92 Å². The van der Waals surface area contributed by atoms with Crippen LogP contribution in [-0.2, 0) is 4.79 Å². The Kier molecular flexibility index (Phi) is 4.43. The summed E-state index contributed by atoms with van der Waals surface area (Å²) in [5.74, 6) is 1.30. The fraction of sp³-hybridized carbons (Fsp3) is 0.909. The lowest BCUT2D eigenvalue weighted by Gasteiger charge is -2.13. The molecule has 0 spiro atoms. The highest BCUT2D eigenvalue weighted by Gasteiger charge is 2.17. The first-order valence-electron chi connectivity index (χ1n) is 5.43. The number of nitrogens with one attached hydrogen (secondary N) is 1. The average Bonchev–Trinajstić information content (AvgIpc) is 2.32. The van der Waals surface area contributed by atoms with Gasteiger partial charge in [0.1, 0.15) is 5.78 Å². The minimum Gasteiger partial charge on any atom is -0.317 e. The topological polar surface area (TPSA) is 29.1 Å². The Bertz CT molecular complexity index is 157. The van der Waals surface area contributed by atoms with E-state index >= 15 is 0 Å². The molecule has 1 aliphatic heterocycles. The van der Waals surface area contributed by atoms with E-state index in [4.69, 9.17) is 0 Å². The van der Waals surface area contributed by atoms with Crippen LogP contribution < -0.4 is 5.32 Å². The molecular formula is C11H21NO. The summed E-state index contributed by atoms with van der Waals surface area (Å²) in [6.07, 6.45) is 4.44. The Morgan fingerprint density at radius 2 is 2.15 bits per heavy atom. The maximum atomic E-state index is 11.5. The van der Waals surface area contributed by atoms with Gasteiger partial charge in [-0.2, -0.15) is 0 Å². The fourth-order valence-electron chi connectivity index (χ4n) is 1.82. The predicted octanol–water partition coefficient (Wildman–Crippen LogP) is 1.99. The molecule has 0 bridgehead atoms. The molecule has 0 amide bonds. The molecule has 1 atom stereocenters. The standard InChI is InChI=1S/C11H21NO/c1-9(2)11(13)8-10-4-3-6-12-7-5-10/h9-10,12H,3-8H2,1-2H3. The van der Waals surface area contributed by atoms with Gasteiger partial charge >= 0.3 is 0 Å². The molecule has 2 nitrogen and oxygen atoms in total. The third-order valence-corrected chi connectivity index (χ3v) is 2.83. The van der Waals surface area contributed by atoms with E-state index in [9.17, 15) is 4.79 Å². The number of hydrogen-bond acceptors (Lipinski definition) is 2. The first kappa shape index (κ1) is 10.7. The summed E-state index contributed by atoms with van der Waals surface area (Å²) in [6, 6.07) is 0. The zero-order valence-corrected chi connectivity index (χ0v) is 8.81. The lowest BCUT2D eigenvalue weighted by atomic mass is 9.91. The van der Waals surface area contributed by atoms with Crippen LogP contribution >= 0.6 is 0 Å². The first-order valence-corrected chi connectivity index (χ1v) is 5.43. The Balaban J connectivity index is 2.29. The third kappa shape index (κ3) is 3.90. The number of Topliss-reactive ketones (excluding diaryl/α,β-unsaturated/α-hetero) is 1. The Labute approximate surface area is 81.1 Å². The van der Waals surface area contributed by atoms with E-state index in [1.54, 1.807) is 0 Å². The number of ketones is 1. The van der Waals surface area contributed by atoms with Crippen molar-refractivity contribution in [3.8, 4) is 0 Å². The van der Waals surface area contributed by atoms with Crippen LogP contribution in [0, 0.1) is 11.8 Å². The maximum Gasteiger partial charge on any atom is 0.135 e. The molecular weight excluding hydrogens is 162 g/mol. The van der Waals surface area contributed by atoms with Crippen molar-refractivity contribution in [1.29, 1.82) is 0 Å². The molecule has 0 aromatic carbocycles. The van der Waals surface area contributed by atoms with Crippen LogP contribution in [0.25, 0.3) is 0 Å². The average molecular weight is 183 g/mol. The van der Waals surface area contributed by atoms with Gasteiger partial charge in [0.2, 0.25) is 0 Å². The van der Waals surface area contributed by atoms with Crippen LogP contribution in [0.4, 0.5) is 0 Å². The van der Waals surface area contributed by atoms with Crippen molar-refractivity contribution in [1.82, 2.24) is 5.32 Å². The fourth-order valence-corrected chi connectivity index (χ4v) is 1.82. The van der Waals surface area contributed by atoms with Crippen LogP contribution in [0.5, 0.6) is 0 Å². The van der Waals surface area contributed by atoms with Crippen LogP contribution in [0.3, 0.4) is 0 Å². The molecule has 13 heavy (non-hydrogen) atoms. The van der Waals surface area contributed by atoms with Gasteiger partial charge in [-0.25, -0.2) is 0 Å². The summed E-state index contributed by atoms with van der Waals surface area (Å²) in [6.45, 7) is 6.22. The molecule has 1 N–H and O–H groups in total. The van der Waals surface area contributed by atoms with Gasteiger partial charge in [0.15, 0.2) is 0 Å². The lowest BCUT2D eigenvalue weighted by Crippen LogP contribution is -2.16. The summed E-state index contributed by atoms with van der Waals surface area (Å²) in [5, 5.41) is 3.37. The van der Waals surface area contributed by atoms with E-state index in [1.807, 2.05) is 13.8 Å². The summed E-state index contributed by atoms with van der Waals surface area (Å²) in [7, 11) is 0. The third-order valence-electron chi connectivity index (χ3n) is 2.83. The second-order valence-corrected chi connectivity index (χ2v) is 4.37. The molecule has 1 rings (SSSR count). The van der Waals surface area contributed by atoms with Crippen molar-refractivity contribution in [2.45, 2.75) is 39.5 Å². The van der Waals surface area contributed by atoms with Crippen molar-refractivity contribution >= 4 is 5.78 Å². The lowest BCUT2D eigenvalue weighted by molar-refractivity contribution is -0.122. The molecule has 1 saturated heterocycles. The highest BCUT2D eigenvalue weighted by atomic mass is 16.1. The molecule has 76 valence electrons. The maximum absolute atomic E-state index is 11.5. The molecule has 0 aliphatic carbocycles. The van der Waals surface area contributed by atoms with Crippen molar-refractivity contribution in [3.63, 3.8) is 0 Å². The predicted molar refractivity (Wildman–Crippen MR) is 54.7 cm³/mol. The summed E-state index contributed by atoms with van der Waals surface area (Å²) in [5.41, 5.74) is 0. The van der Waals surface area contributed by atoms with Gasteiger partial charge in [-0.1, -0.05) is 13.8 Å². The van der Waals surface area contributed by atoms with Gasteiger partial charge in [0.25, 0.3) is 0 Å². The van der Waals surface area contributed by atoms with Crippen molar-refractivity contribution in [3.05, 3.63) is 0 Å². The number of hydrogen-bond donors (Lipinski definition) is 1. The largest absolute Gasteiger partial charge is 0.317 e. The Hall–Kier alpha value is -0.370. The van der Waals surface area contributed by atoms with Gasteiger partial charge < -0.3 is 5.32 Å². The van der Waals surface area contributed by atoms with Gasteiger partial charge in [-0.3, -0.25) is 4.79 Å². The van der Waals surface area contributed by atoms with E-state index in [0.29, 0.717) is 11.7 Å². The van der Waals surface area contributed by atoms with Crippen LogP contribution in [0.15, 0.2) is 0 Å². The molecule has 0 radical (unpaired) electrons. The van der Waals surface area contributed by atoms with E-state index in [0.717, 1.165) is 19.5 Å². The minimum absolute atomic E-state index is 0.219. The van der Waals surface area contributed by atoms with Crippen LogP contribution in [0.2, 0.25) is 0 Å². The minimum atomic E-state index is 0.219. The smallest absolute Gasteiger partial charge is 0.135 e. The highest BCUT2D eigenvalue weighted by Crippen LogP contribution is 2.19. The van der Waals surface area contributed by atoms with Crippen LogP contribution in [0.1, 0.15) is 39.5 Å². The molecule has 0 aromatic heterocycles. The van der Waals surface area contributed by atoms with E-state index < -0.39 is 0 Å². The monoisotopic (exact) mass is 183 g/mol. The summed E-state index contributed by atoms with van der Waals surface area (Å²) < 4.78 is 0. The van der Waals surface area contributed by atoms with Gasteiger partial charge in [0.05, 0.1) is 0 Å². The highest BCUT2D eigenvalue weighted by molar-refractivity contribution is 5.80. The molecule has 1 heterocycles. The van der Waals surface area contributed by atoms with Crippen molar-refractivity contribution < 1.29 is 4.79 Å². The first-order chi connectivity index (χ1) is 6.20. The molecule has 1 fully saturated rings. The second kappa shape index (κ2) is 5.38. The summed E-state index contributed by atoms with van der Waals surface area (Å²) >= 11 is 0. The molecule has 0 aromatic rings.